The number of nitrogens with zero attached hydrogens (tertiary/aromatic N) is 2. The highest BCUT2D eigenvalue weighted by atomic mass is 15.0. The molecule has 2 aliphatic rings. The summed E-state index contributed by atoms with van der Waals surface area (Å²) in [5.74, 6) is 0. The van der Waals surface area contributed by atoms with Gasteiger partial charge in [0.05, 0.1) is 22.1 Å². The Balaban J connectivity index is 0.771. The molecule has 2 heteroatoms. The molecule has 2 heterocycles. The van der Waals surface area contributed by atoms with Gasteiger partial charge in [-0.1, -0.05) is 194 Å². The molecule has 0 fully saturated rings. The SMILES string of the molecule is C(=C\c1ccc2c(c1)c1ccccc1n2-c1ccc2ccccc2c1)/c1ccc2c(c1)C1(Cc3ccccc3C1)c1cc(/C=C/c3ccc4c(c3)c3ccccc3n4-c3ccc4ccccc4c3)ccc1-2. The van der Waals surface area contributed by atoms with Crippen LogP contribution in [0.3, 0.4) is 0 Å². The fourth-order valence-corrected chi connectivity index (χ4v) is 12.5. The van der Waals surface area contributed by atoms with Gasteiger partial charge in [0.15, 0.2) is 0 Å². The number of aromatic nitrogens is 2. The summed E-state index contributed by atoms with van der Waals surface area (Å²) < 4.78 is 4.83. The molecule has 0 N–H and O–H groups in total. The second-order valence-electron chi connectivity index (χ2n) is 19.8. The van der Waals surface area contributed by atoms with Crippen molar-refractivity contribution >= 4 is 89.5 Å². The number of para-hydroxylation sites is 2. The van der Waals surface area contributed by atoms with Gasteiger partial charge in [0, 0.05) is 38.3 Å². The van der Waals surface area contributed by atoms with Crippen LogP contribution in [0, 0.1) is 0 Å². The average molecular weight is 903 g/mol. The minimum atomic E-state index is -0.130. The van der Waals surface area contributed by atoms with E-state index in [2.05, 4.69) is 264 Å². The minimum absolute atomic E-state index is 0.130. The molecule has 11 aromatic carbocycles. The molecule has 0 unspecified atom stereocenters. The van der Waals surface area contributed by atoms with Crippen LogP contribution in [-0.4, -0.2) is 9.13 Å². The zero-order valence-electron chi connectivity index (χ0n) is 39.1. The molecule has 332 valence electrons. The fraction of sp³-hybridized carbons (Fsp3) is 0.0435. The molecule has 13 aromatic rings. The van der Waals surface area contributed by atoms with E-state index in [1.54, 1.807) is 0 Å². The Morgan fingerprint density at radius 3 is 1.15 bits per heavy atom. The van der Waals surface area contributed by atoms with Crippen LogP contribution in [-0.2, 0) is 18.3 Å². The molecule has 0 saturated carbocycles. The lowest BCUT2D eigenvalue weighted by Crippen LogP contribution is -2.26. The normalized spacial score (nSPS) is 13.8. The smallest absolute Gasteiger partial charge is 0.0541 e. The van der Waals surface area contributed by atoms with Crippen molar-refractivity contribution in [2.75, 3.05) is 0 Å². The van der Waals surface area contributed by atoms with Crippen molar-refractivity contribution in [1.82, 2.24) is 9.13 Å². The molecular weight excluding hydrogens is 857 g/mol. The molecule has 0 amide bonds. The average Bonchev–Trinajstić information content (AvgIpc) is 4.16. The van der Waals surface area contributed by atoms with E-state index in [9.17, 15) is 0 Å². The van der Waals surface area contributed by atoms with Crippen LogP contribution in [0.5, 0.6) is 0 Å². The summed E-state index contributed by atoms with van der Waals surface area (Å²) >= 11 is 0. The standard InChI is InChI=1S/C69H46N2/c1-3-13-51-41-55(31-29-49(51)11-1)70-65-19-9-7-17-59(65)61-37-45(27-35-67(61)70)21-23-47-25-33-57-58-34-26-48(40-64(58)69(63(57)39-47)43-53-15-5-6-16-54(53)44-69)24-22-46-28-36-68-62(38-46)60-18-8-10-20-66(60)71(68)56-32-30-50-12-2-4-14-52(50)42-56/h1-42H,43-44H2/b23-21+,24-22+. The predicted octanol–water partition coefficient (Wildman–Crippen LogP) is 17.6. The highest BCUT2D eigenvalue weighted by Crippen LogP contribution is 2.56. The molecule has 2 aliphatic carbocycles. The van der Waals surface area contributed by atoms with Crippen LogP contribution >= 0.6 is 0 Å². The number of rotatable bonds is 6. The lowest BCUT2D eigenvalue weighted by molar-refractivity contribution is 0.563. The summed E-state index contributed by atoms with van der Waals surface area (Å²) in [6, 6.07) is 85.7. The van der Waals surface area contributed by atoms with Crippen molar-refractivity contribution in [2.45, 2.75) is 18.3 Å². The first-order valence-corrected chi connectivity index (χ1v) is 24.9. The molecular formula is C69H46N2. The quantitative estimate of drug-likeness (QED) is 0.147. The first kappa shape index (κ1) is 40.0. The van der Waals surface area contributed by atoms with Gasteiger partial charge >= 0.3 is 0 Å². The topological polar surface area (TPSA) is 9.86 Å². The predicted molar refractivity (Wildman–Crippen MR) is 301 cm³/mol. The Kier molecular flexibility index (Phi) is 8.73. The monoisotopic (exact) mass is 902 g/mol. The number of hydrogen-bond acceptors (Lipinski definition) is 0. The van der Waals surface area contributed by atoms with Crippen molar-refractivity contribution in [3.8, 4) is 22.5 Å². The Morgan fingerprint density at radius 1 is 0.296 bits per heavy atom. The van der Waals surface area contributed by atoms with Gasteiger partial charge in [-0.05, 0) is 151 Å². The van der Waals surface area contributed by atoms with E-state index >= 15 is 0 Å². The second-order valence-corrected chi connectivity index (χ2v) is 19.8. The maximum absolute atomic E-state index is 2.49. The summed E-state index contributed by atoms with van der Waals surface area (Å²) in [7, 11) is 0. The third-order valence-corrected chi connectivity index (χ3v) is 15.8. The van der Waals surface area contributed by atoms with Gasteiger partial charge in [0.25, 0.3) is 0 Å². The lowest BCUT2D eigenvalue weighted by atomic mass is 9.75. The van der Waals surface area contributed by atoms with Crippen LogP contribution in [0.25, 0.3) is 112 Å². The second kappa shape index (κ2) is 15.5. The summed E-state index contributed by atoms with van der Waals surface area (Å²) in [4.78, 5) is 0. The van der Waals surface area contributed by atoms with Crippen LogP contribution in [0.2, 0.25) is 0 Å². The third kappa shape index (κ3) is 6.28. The summed E-state index contributed by atoms with van der Waals surface area (Å²) in [5, 5.41) is 10.1. The van der Waals surface area contributed by atoms with E-state index < -0.39 is 0 Å². The molecule has 0 radical (unpaired) electrons. The molecule has 0 atom stereocenters. The van der Waals surface area contributed by atoms with Crippen molar-refractivity contribution in [3.05, 3.63) is 275 Å². The van der Waals surface area contributed by atoms with Gasteiger partial charge in [0.1, 0.15) is 0 Å². The number of benzene rings is 11. The van der Waals surface area contributed by atoms with E-state index in [0.29, 0.717) is 0 Å². The lowest BCUT2D eigenvalue weighted by Gasteiger charge is -2.27. The van der Waals surface area contributed by atoms with Gasteiger partial charge in [0.2, 0.25) is 0 Å². The van der Waals surface area contributed by atoms with E-state index in [1.165, 1.54) is 132 Å². The molecule has 0 bridgehead atoms. The summed E-state index contributed by atoms with van der Waals surface area (Å²) in [6.07, 6.45) is 11.2. The molecule has 1 spiro atoms. The van der Waals surface area contributed by atoms with E-state index in [0.717, 1.165) is 12.8 Å². The Labute approximate surface area is 412 Å². The zero-order chi connectivity index (χ0) is 46.6. The molecule has 71 heavy (non-hydrogen) atoms. The van der Waals surface area contributed by atoms with Crippen LogP contribution in [0.15, 0.2) is 231 Å². The summed E-state index contributed by atoms with van der Waals surface area (Å²) in [6.45, 7) is 0. The number of fused-ring (bicyclic) bond motifs is 14. The van der Waals surface area contributed by atoms with Crippen molar-refractivity contribution < 1.29 is 0 Å². The number of hydrogen-bond donors (Lipinski definition) is 0. The maximum atomic E-state index is 2.49. The third-order valence-electron chi connectivity index (χ3n) is 15.8. The van der Waals surface area contributed by atoms with Gasteiger partial charge in [-0.3, -0.25) is 0 Å². The van der Waals surface area contributed by atoms with Crippen LogP contribution in [0.1, 0.15) is 44.5 Å². The first-order chi connectivity index (χ1) is 35.1. The highest BCUT2D eigenvalue weighted by molar-refractivity contribution is 6.11. The van der Waals surface area contributed by atoms with Crippen molar-refractivity contribution in [2.24, 2.45) is 0 Å². The summed E-state index contributed by atoms with van der Waals surface area (Å²) in [5.41, 5.74) is 20.4. The Bertz CT molecular complexity index is 4130. The molecule has 0 saturated heterocycles. The highest BCUT2D eigenvalue weighted by Gasteiger charge is 2.47. The fourth-order valence-electron chi connectivity index (χ4n) is 12.5. The largest absolute Gasteiger partial charge is 0.309 e. The maximum Gasteiger partial charge on any atom is 0.0541 e. The van der Waals surface area contributed by atoms with E-state index in [-0.39, 0.29) is 5.41 Å². The van der Waals surface area contributed by atoms with Gasteiger partial charge < -0.3 is 9.13 Å². The van der Waals surface area contributed by atoms with Gasteiger partial charge in [-0.25, -0.2) is 0 Å². The van der Waals surface area contributed by atoms with Gasteiger partial charge in [-0.2, -0.15) is 0 Å². The molecule has 2 aromatic heterocycles. The van der Waals surface area contributed by atoms with E-state index in [1.807, 2.05) is 0 Å². The van der Waals surface area contributed by atoms with E-state index in [4.69, 9.17) is 0 Å². The van der Waals surface area contributed by atoms with Crippen molar-refractivity contribution in [3.63, 3.8) is 0 Å². The molecule has 15 rings (SSSR count). The molecule has 0 aliphatic heterocycles. The Morgan fingerprint density at radius 2 is 0.676 bits per heavy atom. The van der Waals surface area contributed by atoms with Crippen LogP contribution < -0.4 is 0 Å². The zero-order valence-corrected chi connectivity index (χ0v) is 39.1. The molecule has 2 nitrogen and oxygen atoms in total. The minimum Gasteiger partial charge on any atom is -0.309 e. The van der Waals surface area contributed by atoms with Crippen molar-refractivity contribution in [1.29, 1.82) is 0 Å². The Hall–Kier alpha value is -8.98. The first-order valence-electron chi connectivity index (χ1n) is 24.9. The van der Waals surface area contributed by atoms with Crippen LogP contribution in [0.4, 0.5) is 0 Å². The van der Waals surface area contributed by atoms with Gasteiger partial charge in [-0.15, -0.1) is 0 Å².